The van der Waals surface area contributed by atoms with Gasteiger partial charge in [0.2, 0.25) is 0 Å². The molecule has 1 aliphatic heterocycles. The summed E-state index contributed by atoms with van der Waals surface area (Å²) in [6, 6.07) is 8.60. The van der Waals surface area contributed by atoms with Crippen LogP contribution in [-0.4, -0.2) is 31.1 Å². The lowest BCUT2D eigenvalue weighted by Gasteiger charge is -2.41. The van der Waals surface area contributed by atoms with Crippen LogP contribution in [0.4, 0.5) is 4.39 Å². The average Bonchev–Trinajstić information content (AvgIpc) is 2.22. The monoisotopic (exact) mass is 219 g/mol. The average molecular weight is 219 g/mol. The van der Waals surface area contributed by atoms with Gasteiger partial charge in [0.05, 0.1) is 6.07 Å². The molecule has 0 bridgehead atoms. The lowest BCUT2D eigenvalue weighted by atomic mass is 10.0. The van der Waals surface area contributed by atoms with Crippen LogP contribution in [-0.2, 0) is 0 Å². The maximum absolute atomic E-state index is 13.1. The van der Waals surface area contributed by atoms with Crippen LogP contribution in [0.3, 0.4) is 0 Å². The van der Waals surface area contributed by atoms with E-state index in [2.05, 4.69) is 11.4 Å². The van der Waals surface area contributed by atoms with Crippen LogP contribution in [0.1, 0.15) is 11.6 Å². The summed E-state index contributed by atoms with van der Waals surface area (Å²) in [4.78, 5) is 2.04. The molecule has 4 heteroatoms. The summed E-state index contributed by atoms with van der Waals surface area (Å²) in [6.07, 6.45) is 0. The van der Waals surface area contributed by atoms with E-state index >= 15 is 0 Å². The molecule has 16 heavy (non-hydrogen) atoms. The number of likely N-dealkylation sites (tertiary alicyclic amines) is 1. The van der Waals surface area contributed by atoms with Gasteiger partial charge >= 0.3 is 0 Å². The molecule has 84 valence electrons. The summed E-state index contributed by atoms with van der Waals surface area (Å²) in [7, 11) is 1.91. The van der Waals surface area contributed by atoms with Crippen molar-refractivity contribution in [1.29, 1.82) is 5.26 Å². The fourth-order valence-corrected chi connectivity index (χ4v) is 1.95. The number of halogens is 1. The minimum Gasteiger partial charge on any atom is -0.315 e. The molecule has 0 aromatic heterocycles. The molecule has 0 aliphatic carbocycles. The van der Waals surface area contributed by atoms with E-state index in [1.807, 2.05) is 11.9 Å². The minimum atomic E-state index is -0.333. The van der Waals surface area contributed by atoms with Crippen LogP contribution < -0.4 is 5.32 Å². The third-order valence-corrected chi connectivity index (χ3v) is 2.97. The standard InChI is InChI=1S/C12H14FN3/c1-15-11-7-16(8-11)12(6-14)9-3-2-4-10(13)5-9/h2-5,11-12,15H,7-8H2,1H3/t12-/m1/s1. The number of likely N-dealkylation sites (N-methyl/N-ethyl adjacent to an activating group) is 1. The topological polar surface area (TPSA) is 39.1 Å². The van der Waals surface area contributed by atoms with E-state index in [9.17, 15) is 4.39 Å². The van der Waals surface area contributed by atoms with Crippen molar-refractivity contribution in [3.63, 3.8) is 0 Å². The van der Waals surface area contributed by atoms with Crippen LogP contribution in [0, 0.1) is 17.1 Å². The quantitative estimate of drug-likeness (QED) is 0.832. The highest BCUT2D eigenvalue weighted by atomic mass is 19.1. The maximum atomic E-state index is 13.1. The fourth-order valence-electron chi connectivity index (χ4n) is 1.95. The highest BCUT2D eigenvalue weighted by molar-refractivity contribution is 5.25. The van der Waals surface area contributed by atoms with Gasteiger partial charge in [0.1, 0.15) is 11.9 Å². The summed E-state index contributed by atoms with van der Waals surface area (Å²) in [5.41, 5.74) is 0.733. The molecule has 1 fully saturated rings. The van der Waals surface area contributed by atoms with Crippen molar-refractivity contribution in [3.8, 4) is 6.07 Å². The summed E-state index contributed by atoms with van der Waals surface area (Å²) in [5.74, 6) is -0.288. The Balaban J connectivity index is 2.10. The van der Waals surface area contributed by atoms with E-state index in [0.717, 1.165) is 18.7 Å². The first-order valence-electron chi connectivity index (χ1n) is 5.31. The molecule has 2 rings (SSSR count). The van der Waals surface area contributed by atoms with Crippen LogP contribution >= 0.6 is 0 Å². The van der Waals surface area contributed by atoms with Crippen molar-refractivity contribution >= 4 is 0 Å². The van der Waals surface area contributed by atoms with Crippen LogP contribution in [0.5, 0.6) is 0 Å². The first-order chi connectivity index (χ1) is 7.74. The van der Waals surface area contributed by atoms with Gasteiger partial charge in [-0.25, -0.2) is 4.39 Å². The number of benzene rings is 1. The number of nitrogens with zero attached hydrogens (tertiary/aromatic N) is 2. The lowest BCUT2D eigenvalue weighted by Crippen LogP contribution is -2.57. The molecule has 1 aliphatic rings. The van der Waals surface area contributed by atoms with E-state index < -0.39 is 0 Å². The van der Waals surface area contributed by atoms with Crippen molar-refractivity contribution < 1.29 is 4.39 Å². The minimum absolute atomic E-state index is 0.288. The number of nitriles is 1. The number of hydrogen-bond donors (Lipinski definition) is 1. The number of hydrogen-bond acceptors (Lipinski definition) is 3. The Morgan fingerprint density at radius 2 is 2.31 bits per heavy atom. The Morgan fingerprint density at radius 1 is 1.56 bits per heavy atom. The molecule has 1 heterocycles. The van der Waals surface area contributed by atoms with Gasteiger partial charge in [-0.05, 0) is 24.7 Å². The predicted octanol–water partition coefficient (Wildman–Crippen LogP) is 1.29. The first-order valence-corrected chi connectivity index (χ1v) is 5.31. The zero-order valence-corrected chi connectivity index (χ0v) is 9.15. The van der Waals surface area contributed by atoms with Gasteiger partial charge in [0.25, 0.3) is 0 Å². The summed E-state index contributed by atoms with van der Waals surface area (Å²) in [6.45, 7) is 1.68. The molecule has 1 aromatic carbocycles. The largest absolute Gasteiger partial charge is 0.315 e. The van der Waals surface area contributed by atoms with Crippen LogP contribution in [0.15, 0.2) is 24.3 Å². The Morgan fingerprint density at radius 3 is 2.88 bits per heavy atom. The second kappa shape index (κ2) is 4.60. The molecule has 0 spiro atoms. The molecular weight excluding hydrogens is 205 g/mol. The SMILES string of the molecule is CNC1CN([C@H](C#N)c2cccc(F)c2)C1. The second-order valence-electron chi connectivity index (χ2n) is 4.03. The van der Waals surface area contributed by atoms with E-state index in [4.69, 9.17) is 5.26 Å². The van der Waals surface area contributed by atoms with Gasteiger partial charge < -0.3 is 5.32 Å². The van der Waals surface area contributed by atoms with Crippen molar-refractivity contribution in [2.24, 2.45) is 0 Å². The van der Waals surface area contributed by atoms with E-state index in [-0.39, 0.29) is 11.9 Å². The Kier molecular flexibility index (Phi) is 3.18. The molecule has 0 radical (unpaired) electrons. The van der Waals surface area contributed by atoms with Crippen molar-refractivity contribution in [1.82, 2.24) is 10.2 Å². The summed E-state index contributed by atoms with van der Waals surface area (Å²) >= 11 is 0. The van der Waals surface area contributed by atoms with Gasteiger partial charge in [-0.2, -0.15) is 5.26 Å². The third kappa shape index (κ3) is 2.06. The smallest absolute Gasteiger partial charge is 0.124 e. The molecule has 0 amide bonds. The number of nitrogens with one attached hydrogen (secondary N) is 1. The molecule has 0 unspecified atom stereocenters. The number of rotatable bonds is 3. The molecule has 1 aromatic rings. The Labute approximate surface area is 94.5 Å². The highest BCUT2D eigenvalue weighted by Crippen LogP contribution is 2.25. The molecule has 1 saturated heterocycles. The zero-order valence-electron chi connectivity index (χ0n) is 9.15. The van der Waals surface area contributed by atoms with Gasteiger partial charge in [-0.3, -0.25) is 4.90 Å². The molecule has 0 saturated carbocycles. The fraction of sp³-hybridized carbons (Fsp3) is 0.417. The van der Waals surface area contributed by atoms with Gasteiger partial charge in [-0.15, -0.1) is 0 Å². The van der Waals surface area contributed by atoms with Crippen molar-refractivity contribution in [3.05, 3.63) is 35.6 Å². The zero-order chi connectivity index (χ0) is 11.5. The second-order valence-corrected chi connectivity index (χ2v) is 4.03. The molecule has 1 atom stereocenters. The molecular formula is C12H14FN3. The lowest BCUT2D eigenvalue weighted by molar-refractivity contribution is 0.104. The van der Waals surface area contributed by atoms with Gasteiger partial charge in [0.15, 0.2) is 0 Å². The summed E-state index contributed by atoms with van der Waals surface area (Å²) in [5, 5.41) is 12.3. The van der Waals surface area contributed by atoms with Crippen molar-refractivity contribution in [2.45, 2.75) is 12.1 Å². The first kappa shape index (κ1) is 11.1. The molecule has 1 N–H and O–H groups in total. The predicted molar refractivity (Wildman–Crippen MR) is 59.2 cm³/mol. The highest BCUT2D eigenvalue weighted by Gasteiger charge is 2.32. The molecule has 3 nitrogen and oxygen atoms in total. The Hall–Kier alpha value is -1.44. The van der Waals surface area contributed by atoms with E-state index in [0.29, 0.717) is 6.04 Å². The van der Waals surface area contributed by atoms with E-state index in [1.165, 1.54) is 12.1 Å². The summed E-state index contributed by atoms with van der Waals surface area (Å²) < 4.78 is 13.1. The van der Waals surface area contributed by atoms with Crippen LogP contribution in [0.2, 0.25) is 0 Å². The van der Waals surface area contributed by atoms with Crippen LogP contribution in [0.25, 0.3) is 0 Å². The normalized spacial score (nSPS) is 18.8. The van der Waals surface area contributed by atoms with E-state index in [1.54, 1.807) is 12.1 Å². The van der Waals surface area contributed by atoms with Gasteiger partial charge in [-0.1, -0.05) is 12.1 Å². The third-order valence-electron chi connectivity index (χ3n) is 2.97. The van der Waals surface area contributed by atoms with Crippen molar-refractivity contribution in [2.75, 3.05) is 20.1 Å². The van der Waals surface area contributed by atoms with Gasteiger partial charge in [0, 0.05) is 19.1 Å². The Bertz CT molecular complexity index is 407. The maximum Gasteiger partial charge on any atom is 0.124 e.